The second-order valence-electron chi connectivity index (χ2n) is 13.4. The van der Waals surface area contributed by atoms with Crippen LogP contribution in [-0.2, 0) is 30.0 Å². The number of methoxy groups -OCH3 is 1. The van der Waals surface area contributed by atoms with E-state index in [1.54, 1.807) is 7.11 Å². The minimum Gasteiger partial charge on any atom is -0.497 e. The minimum absolute atomic E-state index is 0.00881. The molecule has 0 N–H and O–H groups in total. The first-order chi connectivity index (χ1) is 18.3. The largest absolute Gasteiger partial charge is 0.497 e. The molecule has 0 unspecified atom stereocenters. The Kier molecular flexibility index (Phi) is 7.28. The Morgan fingerprint density at radius 3 is 2.54 bits per heavy atom. The number of hydrogen-bond acceptors (Lipinski definition) is 6. The third kappa shape index (κ3) is 4.96. The van der Waals surface area contributed by atoms with Crippen LogP contribution in [0.25, 0.3) is 0 Å². The van der Waals surface area contributed by atoms with E-state index in [9.17, 15) is 4.79 Å². The van der Waals surface area contributed by atoms with Crippen LogP contribution >= 0.6 is 0 Å². The summed E-state index contributed by atoms with van der Waals surface area (Å²) in [5.41, 5.74) is 1.92. The molecular formula is C32H44O6Si. The van der Waals surface area contributed by atoms with Crippen LogP contribution in [0.4, 0.5) is 0 Å². The van der Waals surface area contributed by atoms with E-state index >= 15 is 0 Å². The van der Waals surface area contributed by atoms with Gasteiger partial charge in [0.05, 0.1) is 39.0 Å². The van der Waals surface area contributed by atoms with E-state index in [1.165, 1.54) is 0 Å². The molecule has 2 aliphatic carbocycles. The first kappa shape index (κ1) is 28.3. The molecule has 1 aromatic carbocycles. The molecule has 1 aromatic rings. The Labute approximate surface area is 234 Å². The van der Waals surface area contributed by atoms with Crippen molar-refractivity contribution in [3.8, 4) is 5.75 Å². The van der Waals surface area contributed by atoms with Crippen LogP contribution in [0, 0.1) is 17.8 Å². The standard InChI is InChI=1S/C32H44O6Si/c1-21(19-35-20-22-10-12-24(34-6)13-11-22)16-23-17-25-27-26(38-39(7,8)30(2,3)4)18-31(5,37-29(25)33)28(27)32(23)14-9-15-36-32/h9-14,16-17,25-28H,15,18-20H2,1-8H3/b21-16+/t25-,26+,27+,28+,31-,32+/m0/s1. The monoisotopic (exact) mass is 552 g/mol. The lowest BCUT2D eigenvalue weighted by Crippen LogP contribution is -2.60. The van der Waals surface area contributed by atoms with Crippen molar-refractivity contribution in [1.82, 2.24) is 0 Å². The van der Waals surface area contributed by atoms with Gasteiger partial charge in [-0.25, -0.2) is 0 Å². The molecule has 2 heterocycles. The molecule has 1 saturated carbocycles. The fraction of sp³-hybridized carbons (Fsp3) is 0.594. The van der Waals surface area contributed by atoms with E-state index in [4.69, 9.17) is 23.4 Å². The van der Waals surface area contributed by atoms with E-state index in [0.717, 1.165) is 22.5 Å². The topological polar surface area (TPSA) is 63.2 Å². The maximum absolute atomic E-state index is 13.4. The van der Waals surface area contributed by atoms with Gasteiger partial charge >= 0.3 is 5.97 Å². The van der Waals surface area contributed by atoms with Crippen LogP contribution in [0.1, 0.15) is 46.6 Å². The lowest BCUT2D eigenvalue weighted by atomic mass is 9.60. The Morgan fingerprint density at radius 1 is 1.21 bits per heavy atom. The predicted octanol–water partition coefficient (Wildman–Crippen LogP) is 6.38. The van der Waals surface area contributed by atoms with Crippen LogP contribution in [0.2, 0.25) is 18.1 Å². The van der Waals surface area contributed by atoms with Crippen LogP contribution in [0.15, 0.2) is 59.7 Å². The predicted molar refractivity (Wildman–Crippen MR) is 154 cm³/mol. The zero-order chi connectivity index (χ0) is 28.2. The van der Waals surface area contributed by atoms with Gasteiger partial charge < -0.3 is 23.4 Å². The zero-order valence-corrected chi connectivity index (χ0v) is 25.7. The van der Waals surface area contributed by atoms with Crippen molar-refractivity contribution in [2.24, 2.45) is 17.8 Å². The van der Waals surface area contributed by atoms with Gasteiger partial charge in [-0.1, -0.05) is 51.1 Å². The molecule has 4 bridgehead atoms. The molecular weight excluding hydrogens is 508 g/mol. The van der Waals surface area contributed by atoms with Gasteiger partial charge in [0.2, 0.25) is 0 Å². The number of esters is 1. The molecule has 0 aromatic heterocycles. The van der Waals surface area contributed by atoms with Crippen LogP contribution in [-0.4, -0.2) is 51.9 Å². The number of benzene rings is 1. The maximum atomic E-state index is 13.4. The van der Waals surface area contributed by atoms with Crippen molar-refractivity contribution in [2.45, 2.75) is 83.1 Å². The molecule has 0 radical (unpaired) electrons. The first-order valence-corrected chi connectivity index (χ1v) is 17.0. The molecule has 6 atom stereocenters. The van der Waals surface area contributed by atoms with Gasteiger partial charge in [0, 0.05) is 18.3 Å². The minimum atomic E-state index is -2.06. The lowest BCUT2D eigenvalue weighted by molar-refractivity contribution is -0.195. The van der Waals surface area contributed by atoms with Gasteiger partial charge in [-0.3, -0.25) is 4.79 Å². The summed E-state index contributed by atoms with van der Waals surface area (Å²) in [5, 5.41) is 0.0820. The molecule has 1 saturated heterocycles. The highest BCUT2D eigenvalue weighted by Crippen LogP contribution is 2.63. The summed E-state index contributed by atoms with van der Waals surface area (Å²) in [6.45, 7) is 17.1. The molecule has 7 heteroatoms. The number of hydrogen-bond donors (Lipinski definition) is 0. The van der Waals surface area contributed by atoms with E-state index in [2.05, 4.69) is 72.0 Å². The van der Waals surface area contributed by atoms with Crippen LogP contribution in [0.5, 0.6) is 5.75 Å². The fourth-order valence-corrected chi connectivity index (χ4v) is 8.08. The Bertz CT molecular complexity index is 1190. The van der Waals surface area contributed by atoms with Crippen molar-refractivity contribution < 1.29 is 28.2 Å². The van der Waals surface area contributed by atoms with Crippen molar-refractivity contribution in [3.63, 3.8) is 0 Å². The zero-order valence-electron chi connectivity index (χ0n) is 24.7. The van der Waals surface area contributed by atoms with Crippen molar-refractivity contribution in [3.05, 3.63) is 65.3 Å². The van der Waals surface area contributed by atoms with Crippen molar-refractivity contribution in [1.29, 1.82) is 0 Å². The van der Waals surface area contributed by atoms with E-state index in [1.807, 2.05) is 24.3 Å². The molecule has 6 nitrogen and oxygen atoms in total. The van der Waals surface area contributed by atoms with Crippen molar-refractivity contribution >= 4 is 14.3 Å². The molecule has 4 aliphatic rings. The summed E-state index contributed by atoms with van der Waals surface area (Å²) < 4.78 is 31.1. The summed E-state index contributed by atoms with van der Waals surface area (Å²) in [5.74, 6) is 0.360. The van der Waals surface area contributed by atoms with Gasteiger partial charge in [-0.05, 0) is 66.9 Å². The quantitative estimate of drug-likeness (QED) is 0.212. The second kappa shape index (κ2) is 10.0. The molecule has 212 valence electrons. The second-order valence-corrected chi connectivity index (χ2v) is 18.2. The van der Waals surface area contributed by atoms with E-state index < -0.39 is 19.5 Å². The summed E-state index contributed by atoms with van der Waals surface area (Å²) in [6.07, 6.45) is 9.21. The van der Waals surface area contributed by atoms with Gasteiger partial charge in [-0.2, -0.15) is 0 Å². The maximum Gasteiger partial charge on any atom is 0.313 e. The lowest BCUT2D eigenvalue weighted by Gasteiger charge is -2.53. The SMILES string of the molecule is COc1ccc(COC/C(C)=C/C2=C[C@@H]3C(=O)O[C@@]4(C)C[C@@H](O[Si](C)(C)C(C)(C)C)[C@@H]3[C@H]4[C@@]23C=CCO3)cc1. The van der Waals surface area contributed by atoms with Crippen LogP contribution in [0.3, 0.4) is 0 Å². The van der Waals surface area contributed by atoms with Gasteiger partial charge in [0.15, 0.2) is 8.32 Å². The number of rotatable bonds is 8. The van der Waals surface area contributed by atoms with Gasteiger partial charge in [0.25, 0.3) is 0 Å². The van der Waals surface area contributed by atoms with E-state index in [-0.39, 0.29) is 34.9 Å². The van der Waals surface area contributed by atoms with Gasteiger partial charge in [-0.15, -0.1) is 0 Å². The summed E-state index contributed by atoms with van der Waals surface area (Å²) >= 11 is 0. The first-order valence-electron chi connectivity index (χ1n) is 14.1. The number of carbonyl (C=O) groups is 1. The van der Waals surface area contributed by atoms with Crippen LogP contribution < -0.4 is 4.74 Å². The summed E-state index contributed by atoms with van der Waals surface area (Å²) in [4.78, 5) is 13.4. The molecule has 0 amide bonds. The highest BCUT2D eigenvalue weighted by atomic mass is 28.4. The Morgan fingerprint density at radius 2 is 1.92 bits per heavy atom. The number of carbonyl (C=O) groups excluding carboxylic acids is 1. The molecule has 1 spiro atoms. The average Bonchev–Trinajstić information content (AvgIpc) is 3.41. The smallest absolute Gasteiger partial charge is 0.313 e. The molecule has 2 fully saturated rings. The molecule has 39 heavy (non-hydrogen) atoms. The Balaban J connectivity index is 1.41. The van der Waals surface area contributed by atoms with E-state index in [0.29, 0.717) is 26.2 Å². The number of ether oxygens (including phenoxy) is 4. The third-order valence-corrected chi connectivity index (χ3v) is 14.1. The highest BCUT2D eigenvalue weighted by molar-refractivity contribution is 6.74. The summed E-state index contributed by atoms with van der Waals surface area (Å²) in [7, 11) is -0.394. The molecule has 5 rings (SSSR count). The summed E-state index contributed by atoms with van der Waals surface area (Å²) in [6, 6.07) is 7.91. The Hall–Kier alpha value is -2.19. The van der Waals surface area contributed by atoms with Gasteiger partial charge in [0.1, 0.15) is 17.0 Å². The third-order valence-electron chi connectivity index (χ3n) is 9.57. The molecule has 2 aliphatic heterocycles. The fourth-order valence-electron chi connectivity index (χ4n) is 6.73. The highest BCUT2D eigenvalue weighted by Gasteiger charge is 2.71. The average molecular weight is 553 g/mol. The van der Waals surface area contributed by atoms with Crippen molar-refractivity contribution in [2.75, 3.05) is 20.3 Å². The normalized spacial score (nSPS) is 33.9.